The number of hydrogen-bond acceptors (Lipinski definition) is 6. The predicted octanol–water partition coefficient (Wildman–Crippen LogP) is 3.27. The number of rotatable bonds is 7. The molecule has 0 bridgehead atoms. The maximum atomic E-state index is 6.19. The predicted molar refractivity (Wildman–Crippen MR) is 98.7 cm³/mol. The molecule has 0 spiro atoms. The first-order chi connectivity index (χ1) is 12.2. The highest BCUT2D eigenvalue weighted by Crippen LogP contribution is 2.22. The molecule has 3 rings (SSSR count). The van der Waals surface area contributed by atoms with Gasteiger partial charge in [0.25, 0.3) is 0 Å². The van der Waals surface area contributed by atoms with Crippen LogP contribution in [0.3, 0.4) is 0 Å². The van der Waals surface area contributed by atoms with Crippen molar-refractivity contribution in [3.05, 3.63) is 53.4 Å². The molecule has 2 aromatic heterocycles. The smallest absolute Gasteiger partial charge is 0.229 e. The van der Waals surface area contributed by atoms with Gasteiger partial charge in [-0.1, -0.05) is 29.8 Å². The summed E-state index contributed by atoms with van der Waals surface area (Å²) in [4.78, 5) is 8.60. The number of nitrogens with one attached hydrogen (secondary N) is 2. The lowest BCUT2D eigenvalue weighted by atomic mass is 10.1. The first-order valence-electron chi connectivity index (χ1n) is 7.79. The summed E-state index contributed by atoms with van der Waals surface area (Å²) in [6.07, 6.45) is 5.90. The van der Waals surface area contributed by atoms with Crippen LogP contribution in [0, 0.1) is 0 Å². The molecule has 0 unspecified atom stereocenters. The molecular weight excluding hydrogens is 340 g/mol. The summed E-state index contributed by atoms with van der Waals surface area (Å²) < 4.78 is 7.06. The summed E-state index contributed by atoms with van der Waals surface area (Å²) in [6, 6.07) is 7.93. The number of para-hydroxylation sites is 1. The van der Waals surface area contributed by atoms with Crippen molar-refractivity contribution in [1.82, 2.24) is 19.7 Å². The average Bonchev–Trinajstić information content (AvgIpc) is 3.03. The number of nitrogens with zero attached hydrogens (tertiary/aromatic N) is 4. The van der Waals surface area contributed by atoms with Gasteiger partial charge < -0.3 is 15.4 Å². The first kappa shape index (κ1) is 17.0. The molecule has 2 N–H and O–H groups in total. The van der Waals surface area contributed by atoms with Crippen molar-refractivity contribution in [3.63, 3.8) is 0 Å². The molecule has 8 heteroatoms. The third-order valence-corrected chi connectivity index (χ3v) is 3.86. The number of hydrogen-bond donors (Lipinski definition) is 2. The third kappa shape index (κ3) is 4.39. The monoisotopic (exact) mass is 358 g/mol. The number of benzene rings is 1. The molecule has 0 aliphatic heterocycles. The minimum Gasteiger partial charge on any atom is -0.496 e. The van der Waals surface area contributed by atoms with E-state index in [1.165, 1.54) is 0 Å². The van der Waals surface area contributed by atoms with Crippen LogP contribution < -0.4 is 15.4 Å². The van der Waals surface area contributed by atoms with E-state index in [2.05, 4.69) is 25.7 Å². The Bertz CT molecular complexity index is 851. The molecule has 0 amide bonds. The van der Waals surface area contributed by atoms with Gasteiger partial charge >= 0.3 is 0 Å². The zero-order chi connectivity index (χ0) is 17.6. The van der Waals surface area contributed by atoms with Crippen LogP contribution in [0.1, 0.15) is 5.56 Å². The fourth-order valence-electron chi connectivity index (χ4n) is 2.39. The molecule has 0 saturated carbocycles. The van der Waals surface area contributed by atoms with Gasteiger partial charge in [-0.2, -0.15) is 10.1 Å². The van der Waals surface area contributed by atoms with Crippen LogP contribution >= 0.6 is 11.6 Å². The Kier molecular flexibility index (Phi) is 5.35. The van der Waals surface area contributed by atoms with Crippen molar-refractivity contribution in [2.75, 3.05) is 24.3 Å². The van der Waals surface area contributed by atoms with Crippen molar-refractivity contribution in [2.45, 2.75) is 6.42 Å². The van der Waals surface area contributed by atoms with Crippen LogP contribution in [-0.4, -0.2) is 33.4 Å². The highest BCUT2D eigenvalue weighted by Gasteiger charge is 2.07. The Morgan fingerprint density at radius 1 is 1.24 bits per heavy atom. The molecule has 130 valence electrons. The summed E-state index contributed by atoms with van der Waals surface area (Å²) in [5.74, 6) is 1.91. The second-order valence-electron chi connectivity index (χ2n) is 5.41. The largest absolute Gasteiger partial charge is 0.496 e. The van der Waals surface area contributed by atoms with E-state index < -0.39 is 0 Å². The van der Waals surface area contributed by atoms with E-state index in [0.717, 1.165) is 23.4 Å². The topological polar surface area (TPSA) is 76.9 Å². The Hall–Kier alpha value is -2.80. The summed E-state index contributed by atoms with van der Waals surface area (Å²) >= 11 is 6.19. The zero-order valence-electron chi connectivity index (χ0n) is 14.0. The standard InChI is InChI=1S/C17H19ClN6O/c1-24-11-13(9-21-24)22-17-20-10-14(18)16(23-17)19-8-7-12-5-3-4-6-15(12)25-2/h3-6,9-11H,7-8H2,1-2H3,(H2,19,20,22,23). The molecule has 2 heterocycles. The van der Waals surface area contributed by atoms with E-state index in [9.17, 15) is 0 Å². The van der Waals surface area contributed by atoms with Gasteiger partial charge in [-0.3, -0.25) is 4.68 Å². The van der Waals surface area contributed by atoms with Crippen LogP contribution in [-0.2, 0) is 13.5 Å². The van der Waals surface area contributed by atoms with E-state index in [4.69, 9.17) is 16.3 Å². The van der Waals surface area contributed by atoms with Gasteiger partial charge in [0.05, 0.1) is 25.2 Å². The molecule has 0 atom stereocenters. The van der Waals surface area contributed by atoms with Gasteiger partial charge in [-0.15, -0.1) is 0 Å². The van der Waals surface area contributed by atoms with Gasteiger partial charge in [0.2, 0.25) is 5.95 Å². The van der Waals surface area contributed by atoms with Gasteiger partial charge in [0.1, 0.15) is 10.8 Å². The van der Waals surface area contributed by atoms with Crippen LogP contribution in [0.4, 0.5) is 17.5 Å². The van der Waals surface area contributed by atoms with Gasteiger partial charge in [0, 0.05) is 19.8 Å². The zero-order valence-corrected chi connectivity index (χ0v) is 14.8. The maximum Gasteiger partial charge on any atom is 0.229 e. The lowest BCUT2D eigenvalue weighted by molar-refractivity contribution is 0.410. The normalized spacial score (nSPS) is 10.5. The van der Waals surface area contributed by atoms with Crippen molar-refractivity contribution < 1.29 is 4.74 Å². The molecule has 0 aliphatic rings. The fraction of sp³-hybridized carbons (Fsp3) is 0.235. The minimum atomic E-state index is 0.456. The number of ether oxygens (including phenoxy) is 1. The first-order valence-corrected chi connectivity index (χ1v) is 8.17. The fourth-order valence-corrected chi connectivity index (χ4v) is 2.55. The lowest BCUT2D eigenvalue weighted by Crippen LogP contribution is -2.09. The average molecular weight is 359 g/mol. The summed E-state index contributed by atoms with van der Waals surface area (Å²) in [5.41, 5.74) is 1.93. The SMILES string of the molecule is COc1ccccc1CCNc1nc(Nc2cnn(C)c2)ncc1Cl. The quantitative estimate of drug-likeness (QED) is 0.675. The second-order valence-corrected chi connectivity index (χ2v) is 5.81. The summed E-state index contributed by atoms with van der Waals surface area (Å²) in [6.45, 7) is 0.670. The van der Waals surface area contributed by atoms with E-state index >= 15 is 0 Å². The summed E-state index contributed by atoms with van der Waals surface area (Å²) in [7, 11) is 3.52. The van der Waals surface area contributed by atoms with Crippen molar-refractivity contribution in [2.24, 2.45) is 7.05 Å². The third-order valence-electron chi connectivity index (χ3n) is 3.58. The van der Waals surface area contributed by atoms with Crippen LogP contribution in [0.25, 0.3) is 0 Å². The molecule has 3 aromatic rings. The number of aromatic nitrogens is 4. The van der Waals surface area contributed by atoms with Crippen molar-refractivity contribution >= 4 is 29.1 Å². The van der Waals surface area contributed by atoms with Crippen molar-refractivity contribution in [3.8, 4) is 5.75 Å². The van der Waals surface area contributed by atoms with Crippen molar-refractivity contribution in [1.29, 1.82) is 0 Å². The minimum absolute atomic E-state index is 0.456. The van der Waals surface area contributed by atoms with E-state index in [1.54, 1.807) is 24.2 Å². The van der Waals surface area contributed by atoms with Crippen LogP contribution in [0.15, 0.2) is 42.9 Å². The van der Waals surface area contributed by atoms with Gasteiger partial charge in [-0.05, 0) is 18.1 Å². The second kappa shape index (κ2) is 7.85. The van der Waals surface area contributed by atoms with Crippen LogP contribution in [0.5, 0.6) is 5.75 Å². The molecule has 25 heavy (non-hydrogen) atoms. The van der Waals surface area contributed by atoms with Crippen LogP contribution in [0.2, 0.25) is 5.02 Å². The Labute approximate surface area is 151 Å². The highest BCUT2D eigenvalue weighted by molar-refractivity contribution is 6.32. The maximum absolute atomic E-state index is 6.19. The van der Waals surface area contributed by atoms with E-state index in [0.29, 0.717) is 23.3 Å². The number of aryl methyl sites for hydroxylation is 1. The number of anilines is 3. The highest BCUT2D eigenvalue weighted by atomic mass is 35.5. The number of methoxy groups -OCH3 is 1. The Balaban J connectivity index is 1.64. The molecule has 0 saturated heterocycles. The Morgan fingerprint density at radius 3 is 2.84 bits per heavy atom. The number of halogens is 1. The lowest BCUT2D eigenvalue weighted by Gasteiger charge is -2.11. The Morgan fingerprint density at radius 2 is 2.08 bits per heavy atom. The molecule has 1 aromatic carbocycles. The molecule has 0 aliphatic carbocycles. The molecule has 7 nitrogen and oxygen atoms in total. The van der Waals surface area contributed by atoms with Gasteiger partial charge in [0.15, 0.2) is 5.82 Å². The van der Waals surface area contributed by atoms with E-state index in [1.807, 2.05) is 37.5 Å². The summed E-state index contributed by atoms with van der Waals surface area (Å²) in [5, 5.41) is 10.9. The molecular formula is C17H19ClN6O. The van der Waals surface area contributed by atoms with Gasteiger partial charge in [-0.25, -0.2) is 4.98 Å². The van der Waals surface area contributed by atoms with E-state index in [-0.39, 0.29) is 0 Å². The molecule has 0 radical (unpaired) electrons. The molecule has 0 fully saturated rings.